The molecule has 0 spiro atoms. The fraction of sp³-hybridized carbons (Fsp3) is 0.111. The SMILES string of the molecule is COc1c(CC(=O)O)ccc(C(=O)C=Cc2ccc(Cl)cc2)c1O. The molecular formula is C18H15ClO5. The Morgan fingerprint density at radius 1 is 1.17 bits per heavy atom. The molecule has 0 heterocycles. The van der Waals surface area contributed by atoms with Crippen LogP contribution in [0.3, 0.4) is 0 Å². The first-order valence-corrected chi connectivity index (χ1v) is 7.38. The zero-order valence-corrected chi connectivity index (χ0v) is 13.6. The number of carboxylic acid groups (broad SMARTS) is 1. The van der Waals surface area contributed by atoms with Gasteiger partial charge in [-0.15, -0.1) is 0 Å². The van der Waals surface area contributed by atoms with Gasteiger partial charge in [-0.1, -0.05) is 35.9 Å². The van der Waals surface area contributed by atoms with Crippen LogP contribution in [0.2, 0.25) is 5.02 Å². The minimum atomic E-state index is -1.06. The zero-order valence-electron chi connectivity index (χ0n) is 12.8. The van der Waals surface area contributed by atoms with Gasteiger partial charge in [-0.25, -0.2) is 0 Å². The maximum atomic E-state index is 12.3. The van der Waals surface area contributed by atoms with E-state index in [1.807, 2.05) is 0 Å². The number of hydrogen-bond acceptors (Lipinski definition) is 4. The van der Waals surface area contributed by atoms with Crippen molar-refractivity contribution in [2.45, 2.75) is 6.42 Å². The summed E-state index contributed by atoms with van der Waals surface area (Å²) in [5, 5.41) is 19.7. The van der Waals surface area contributed by atoms with E-state index in [4.69, 9.17) is 21.4 Å². The highest BCUT2D eigenvalue weighted by molar-refractivity contribution is 6.30. The number of carbonyl (C=O) groups is 2. The molecule has 124 valence electrons. The van der Waals surface area contributed by atoms with Gasteiger partial charge in [0.25, 0.3) is 0 Å². The molecule has 0 radical (unpaired) electrons. The molecule has 0 bridgehead atoms. The maximum Gasteiger partial charge on any atom is 0.307 e. The van der Waals surface area contributed by atoms with Crippen molar-refractivity contribution in [2.75, 3.05) is 7.11 Å². The van der Waals surface area contributed by atoms with Gasteiger partial charge in [-0.3, -0.25) is 9.59 Å². The Balaban J connectivity index is 2.29. The van der Waals surface area contributed by atoms with E-state index in [9.17, 15) is 14.7 Å². The van der Waals surface area contributed by atoms with Crippen molar-refractivity contribution in [2.24, 2.45) is 0 Å². The van der Waals surface area contributed by atoms with Gasteiger partial charge in [0, 0.05) is 10.6 Å². The summed E-state index contributed by atoms with van der Waals surface area (Å²) in [5.41, 5.74) is 1.11. The molecule has 2 aromatic carbocycles. The lowest BCUT2D eigenvalue weighted by Crippen LogP contribution is -2.05. The molecule has 5 nitrogen and oxygen atoms in total. The lowest BCUT2D eigenvalue weighted by molar-refractivity contribution is -0.136. The number of carbonyl (C=O) groups excluding carboxylic acids is 1. The second-order valence-electron chi connectivity index (χ2n) is 4.97. The Morgan fingerprint density at radius 3 is 2.42 bits per heavy atom. The highest BCUT2D eigenvalue weighted by Crippen LogP contribution is 2.34. The Hall–Kier alpha value is -2.79. The van der Waals surface area contributed by atoms with Gasteiger partial charge in [0.2, 0.25) is 0 Å². The summed E-state index contributed by atoms with van der Waals surface area (Å²) in [5.74, 6) is -1.87. The molecule has 0 unspecified atom stereocenters. The van der Waals surface area contributed by atoms with Gasteiger partial charge in [0.15, 0.2) is 17.3 Å². The van der Waals surface area contributed by atoms with Crippen molar-refractivity contribution in [3.8, 4) is 11.5 Å². The van der Waals surface area contributed by atoms with E-state index in [-0.39, 0.29) is 23.5 Å². The summed E-state index contributed by atoms with van der Waals surface area (Å²) in [4.78, 5) is 23.1. The van der Waals surface area contributed by atoms with Crippen LogP contribution in [0.5, 0.6) is 11.5 Å². The Morgan fingerprint density at radius 2 is 1.83 bits per heavy atom. The van der Waals surface area contributed by atoms with E-state index in [1.165, 1.54) is 25.3 Å². The normalized spacial score (nSPS) is 10.8. The van der Waals surface area contributed by atoms with Crippen LogP contribution in [-0.2, 0) is 11.2 Å². The molecule has 0 atom stereocenters. The number of hydrogen-bond donors (Lipinski definition) is 2. The van der Waals surface area contributed by atoms with Crippen LogP contribution in [0, 0.1) is 0 Å². The lowest BCUT2D eigenvalue weighted by atomic mass is 10.0. The highest BCUT2D eigenvalue weighted by Gasteiger charge is 2.18. The van der Waals surface area contributed by atoms with Gasteiger partial charge in [0.05, 0.1) is 19.1 Å². The molecule has 6 heteroatoms. The number of phenolic OH excluding ortho intramolecular Hbond substituents is 1. The summed E-state index contributed by atoms with van der Waals surface area (Å²) in [6.45, 7) is 0. The summed E-state index contributed by atoms with van der Waals surface area (Å²) in [6, 6.07) is 9.74. The number of ether oxygens (including phenoxy) is 1. The number of methoxy groups -OCH3 is 1. The summed E-state index contributed by atoms with van der Waals surface area (Å²) < 4.78 is 5.04. The summed E-state index contributed by atoms with van der Waals surface area (Å²) >= 11 is 5.80. The smallest absolute Gasteiger partial charge is 0.307 e. The van der Waals surface area contributed by atoms with Crippen LogP contribution < -0.4 is 4.74 Å². The standard InChI is InChI=1S/C18H15ClO5/c1-24-18-12(10-16(21)22)5-8-14(17(18)23)15(20)9-4-11-2-6-13(19)7-3-11/h2-9,23H,10H2,1H3,(H,21,22). The van der Waals surface area contributed by atoms with Crippen LogP contribution in [0.1, 0.15) is 21.5 Å². The first-order valence-electron chi connectivity index (χ1n) is 7.01. The predicted molar refractivity (Wildman–Crippen MR) is 90.8 cm³/mol. The number of ketones is 1. The number of aromatic hydroxyl groups is 1. The first-order chi connectivity index (χ1) is 11.4. The average molecular weight is 347 g/mol. The molecule has 0 aromatic heterocycles. The second kappa shape index (κ2) is 7.66. The Labute approximate surface area is 143 Å². The summed E-state index contributed by atoms with van der Waals surface area (Å²) in [7, 11) is 1.30. The third-order valence-corrected chi connectivity index (χ3v) is 3.57. The van der Waals surface area contributed by atoms with Crippen molar-refractivity contribution in [3.05, 3.63) is 64.2 Å². The van der Waals surface area contributed by atoms with Crippen LogP contribution >= 0.6 is 11.6 Å². The van der Waals surface area contributed by atoms with Crippen LogP contribution in [0.15, 0.2) is 42.5 Å². The van der Waals surface area contributed by atoms with Gasteiger partial charge in [-0.05, 0) is 29.8 Å². The number of allylic oxidation sites excluding steroid dienone is 1. The van der Waals surface area contributed by atoms with Gasteiger partial charge < -0.3 is 14.9 Å². The minimum Gasteiger partial charge on any atom is -0.504 e. The molecule has 2 rings (SSSR count). The molecule has 0 fully saturated rings. The molecular weight excluding hydrogens is 332 g/mol. The molecule has 24 heavy (non-hydrogen) atoms. The largest absolute Gasteiger partial charge is 0.504 e. The highest BCUT2D eigenvalue weighted by atomic mass is 35.5. The molecule has 0 amide bonds. The molecule has 0 aliphatic carbocycles. The van der Waals surface area contributed by atoms with E-state index < -0.39 is 11.8 Å². The molecule has 2 aromatic rings. The van der Waals surface area contributed by atoms with Crippen molar-refractivity contribution < 1.29 is 24.5 Å². The minimum absolute atomic E-state index is 0.0110. The fourth-order valence-electron chi connectivity index (χ4n) is 2.18. The maximum absolute atomic E-state index is 12.3. The fourth-order valence-corrected chi connectivity index (χ4v) is 2.30. The summed E-state index contributed by atoms with van der Waals surface area (Å²) in [6.07, 6.45) is 2.59. The van der Waals surface area contributed by atoms with Crippen LogP contribution in [0.25, 0.3) is 6.08 Å². The number of carboxylic acids is 1. The second-order valence-corrected chi connectivity index (χ2v) is 5.41. The van der Waals surface area contributed by atoms with E-state index >= 15 is 0 Å². The third kappa shape index (κ3) is 4.14. The number of halogens is 1. The van der Waals surface area contributed by atoms with E-state index in [2.05, 4.69) is 0 Å². The van der Waals surface area contributed by atoms with Crippen molar-refractivity contribution >= 4 is 29.4 Å². The Kier molecular flexibility index (Phi) is 5.60. The van der Waals surface area contributed by atoms with Gasteiger partial charge >= 0.3 is 5.97 Å². The number of aliphatic carboxylic acids is 1. The molecule has 0 aliphatic heterocycles. The number of rotatable bonds is 6. The topological polar surface area (TPSA) is 83.8 Å². The number of benzene rings is 2. The third-order valence-electron chi connectivity index (χ3n) is 3.32. The quantitative estimate of drug-likeness (QED) is 0.617. The molecule has 0 saturated carbocycles. The lowest BCUT2D eigenvalue weighted by Gasteiger charge is -2.11. The average Bonchev–Trinajstić information content (AvgIpc) is 2.54. The first kappa shape index (κ1) is 17.6. The molecule has 2 N–H and O–H groups in total. The van der Waals surface area contributed by atoms with Crippen molar-refractivity contribution in [3.63, 3.8) is 0 Å². The van der Waals surface area contributed by atoms with E-state index in [0.29, 0.717) is 10.6 Å². The Bertz CT molecular complexity index is 794. The van der Waals surface area contributed by atoms with Crippen LogP contribution in [0.4, 0.5) is 0 Å². The van der Waals surface area contributed by atoms with Gasteiger partial charge in [0.1, 0.15) is 0 Å². The number of phenols is 1. The van der Waals surface area contributed by atoms with Crippen LogP contribution in [-0.4, -0.2) is 29.1 Å². The van der Waals surface area contributed by atoms with Gasteiger partial charge in [-0.2, -0.15) is 0 Å². The van der Waals surface area contributed by atoms with Crippen molar-refractivity contribution in [1.82, 2.24) is 0 Å². The molecule has 0 aliphatic rings. The molecule has 0 saturated heterocycles. The monoisotopic (exact) mass is 346 g/mol. The van der Waals surface area contributed by atoms with Crippen molar-refractivity contribution in [1.29, 1.82) is 0 Å². The zero-order chi connectivity index (χ0) is 17.7. The predicted octanol–water partition coefficient (Wildman–Crippen LogP) is 3.58. The van der Waals surface area contributed by atoms with E-state index in [1.54, 1.807) is 30.3 Å². The van der Waals surface area contributed by atoms with E-state index in [0.717, 1.165) is 5.56 Å².